The van der Waals surface area contributed by atoms with Crippen LogP contribution in [-0.2, 0) is 6.54 Å². The summed E-state index contributed by atoms with van der Waals surface area (Å²) in [4.78, 5) is 4.65. The number of nitrogens with one attached hydrogen (secondary N) is 2. The third kappa shape index (κ3) is 3.47. The normalized spacial score (nSPS) is 15.2. The number of benzene rings is 1. The van der Waals surface area contributed by atoms with Crippen molar-refractivity contribution in [3.63, 3.8) is 0 Å². The van der Waals surface area contributed by atoms with Gasteiger partial charge in [-0.1, -0.05) is 30.3 Å². The van der Waals surface area contributed by atoms with Gasteiger partial charge in [-0.3, -0.25) is 9.39 Å². The van der Waals surface area contributed by atoms with Crippen LogP contribution in [0.2, 0.25) is 0 Å². The highest BCUT2D eigenvalue weighted by Crippen LogP contribution is 2.25. The van der Waals surface area contributed by atoms with Gasteiger partial charge < -0.3 is 15.3 Å². The Labute approximate surface area is 185 Å². The molecule has 1 fully saturated rings. The Hall–Kier alpha value is -3.83. The maximum absolute atomic E-state index is 9.09. The molecule has 4 aromatic rings. The van der Waals surface area contributed by atoms with Crippen molar-refractivity contribution in [1.29, 1.82) is 10.7 Å². The quantitative estimate of drug-likeness (QED) is 0.444. The van der Waals surface area contributed by atoms with Crippen LogP contribution in [-0.4, -0.2) is 49.7 Å². The van der Waals surface area contributed by atoms with Crippen molar-refractivity contribution in [2.75, 3.05) is 13.1 Å². The number of aromatic nitrogens is 4. The molecule has 8 heteroatoms. The van der Waals surface area contributed by atoms with Crippen molar-refractivity contribution in [3.8, 4) is 6.07 Å². The second-order valence-corrected chi connectivity index (χ2v) is 8.30. The van der Waals surface area contributed by atoms with E-state index in [0.717, 1.165) is 28.2 Å². The first-order chi connectivity index (χ1) is 15.6. The second-order valence-electron chi connectivity index (χ2n) is 8.30. The zero-order valence-corrected chi connectivity index (χ0v) is 17.9. The van der Waals surface area contributed by atoms with E-state index in [-0.39, 0.29) is 5.54 Å². The molecule has 8 nitrogen and oxygen atoms in total. The van der Waals surface area contributed by atoms with Gasteiger partial charge in [-0.15, -0.1) is 10.2 Å². The van der Waals surface area contributed by atoms with Crippen LogP contribution in [0.1, 0.15) is 29.9 Å². The zero-order valence-electron chi connectivity index (χ0n) is 17.9. The molecule has 4 heterocycles. The average Bonchev–Trinajstić information content (AvgIpc) is 3.33. The second kappa shape index (κ2) is 8.02. The largest absolute Gasteiger partial charge is 0.334 e. The van der Waals surface area contributed by atoms with Crippen LogP contribution in [0.5, 0.6) is 0 Å². The first-order valence-electron chi connectivity index (χ1n) is 10.7. The van der Waals surface area contributed by atoms with Gasteiger partial charge in [0, 0.05) is 32.3 Å². The molecule has 0 atom stereocenters. The number of nitrogens with zero attached hydrogens (tertiary/aromatic N) is 6. The SMILES string of the molecule is Cc1nnc2ccc3c(cc(C(=N)CC=NC4(CC#N)CNC4)n3Cc3ccccc3)n12. The summed E-state index contributed by atoms with van der Waals surface area (Å²) in [5.74, 6) is 0.818. The molecule has 160 valence electrons. The summed E-state index contributed by atoms with van der Waals surface area (Å²) in [6, 6.07) is 18.6. The summed E-state index contributed by atoms with van der Waals surface area (Å²) < 4.78 is 4.21. The van der Waals surface area contributed by atoms with E-state index in [1.54, 1.807) is 6.21 Å². The Morgan fingerprint density at radius 1 is 1.22 bits per heavy atom. The molecule has 0 radical (unpaired) electrons. The highest BCUT2D eigenvalue weighted by molar-refractivity contribution is 6.07. The van der Waals surface area contributed by atoms with Crippen LogP contribution in [0.25, 0.3) is 16.7 Å². The number of aliphatic imine (C=N–C) groups is 1. The van der Waals surface area contributed by atoms with Crippen LogP contribution in [0.15, 0.2) is 53.5 Å². The minimum Gasteiger partial charge on any atom is -0.334 e. The van der Waals surface area contributed by atoms with Crippen LogP contribution >= 0.6 is 0 Å². The molecular weight excluding hydrogens is 400 g/mol. The molecule has 2 N–H and O–H groups in total. The van der Waals surface area contributed by atoms with Gasteiger partial charge in [0.05, 0.1) is 40.5 Å². The maximum Gasteiger partial charge on any atom is 0.161 e. The van der Waals surface area contributed by atoms with Crippen LogP contribution < -0.4 is 5.32 Å². The predicted octanol–water partition coefficient (Wildman–Crippen LogP) is 3.13. The number of aryl methyl sites for hydroxylation is 1. The molecule has 0 saturated carbocycles. The van der Waals surface area contributed by atoms with Gasteiger partial charge in [0.1, 0.15) is 5.82 Å². The first-order valence-corrected chi connectivity index (χ1v) is 10.7. The van der Waals surface area contributed by atoms with Crippen molar-refractivity contribution >= 4 is 28.6 Å². The van der Waals surface area contributed by atoms with Crippen LogP contribution in [0.3, 0.4) is 0 Å². The van der Waals surface area contributed by atoms with Crippen LogP contribution in [0.4, 0.5) is 0 Å². The van der Waals surface area contributed by atoms with Crippen molar-refractivity contribution in [1.82, 2.24) is 24.5 Å². The summed E-state index contributed by atoms with van der Waals surface area (Å²) in [5, 5.41) is 29.6. The van der Waals surface area contributed by atoms with Gasteiger partial charge >= 0.3 is 0 Å². The van der Waals surface area contributed by atoms with E-state index in [1.165, 1.54) is 5.56 Å². The third-order valence-corrected chi connectivity index (χ3v) is 6.07. The maximum atomic E-state index is 9.09. The van der Waals surface area contributed by atoms with Crippen molar-refractivity contribution < 1.29 is 0 Å². The monoisotopic (exact) mass is 424 g/mol. The molecule has 1 aliphatic heterocycles. The first kappa shape index (κ1) is 20.1. The lowest BCUT2D eigenvalue weighted by Crippen LogP contribution is -2.58. The molecule has 1 aromatic carbocycles. The summed E-state index contributed by atoms with van der Waals surface area (Å²) >= 11 is 0. The van der Waals surface area contributed by atoms with E-state index in [2.05, 4.69) is 49.3 Å². The molecule has 32 heavy (non-hydrogen) atoms. The fraction of sp³-hybridized carbons (Fsp3) is 0.292. The van der Waals surface area contributed by atoms with Gasteiger partial charge in [0.15, 0.2) is 5.65 Å². The van der Waals surface area contributed by atoms with Gasteiger partial charge in [0.2, 0.25) is 0 Å². The van der Waals surface area contributed by atoms with E-state index in [9.17, 15) is 0 Å². The minimum atomic E-state index is -0.336. The van der Waals surface area contributed by atoms with E-state index < -0.39 is 0 Å². The van der Waals surface area contributed by atoms with E-state index in [0.29, 0.717) is 38.2 Å². The Kier molecular flexibility index (Phi) is 5.04. The lowest BCUT2D eigenvalue weighted by Gasteiger charge is -2.37. The lowest BCUT2D eigenvalue weighted by molar-refractivity contribution is 0.290. The van der Waals surface area contributed by atoms with Crippen molar-refractivity contribution in [2.24, 2.45) is 4.99 Å². The molecule has 5 rings (SSSR count). The number of hydrogen-bond donors (Lipinski definition) is 2. The Bertz CT molecular complexity index is 1370. The molecular formula is C24H24N8. The number of pyridine rings is 1. The summed E-state index contributed by atoms with van der Waals surface area (Å²) in [6.07, 6.45) is 2.59. The number of nitriles is 1. The standard InChI is InChI=1S/C24H24N8/c1-17-29-30-23-8-7-20-22(32(17)23)13-21(31(20)14-18-5-3-2-4-6-18)19(26)9-12-28-24(10-11-25)15-27-16-24/h2-8,12-13,26-27H,9-10,14-16H2,1H3. The summed E-state index contributed by atoms with van der Waals surface area (Å²) in [6.45, 7) is 4.02. The molecule has 1 saturated heterocycles. The van der Waals surface area contributed by atoms with Gasteiger partial charge in [-0.25, -0.2) is 0 Å². The molecule has 0 aliphatic carbocycles. The number of rotatable bonds is 7. The highest BCUT2D eigenvalue weighted by Gasteiger charge is 2.35. The van der Waals surface area contributed by atoms with E-state index >= 15 is 0 Å². The average molecular weight is 425 g/mol. The molecule has 3 aromatic heterocycles. The van der Waals surface area contributed by atoms with E-state index in [4.69, 9.17) is 10.7 Å². The van der Waals surface area contributed by atoms with Crippen molar-refractivity contribution in [3.05, 3.63) is 65.6 Å². The zero-order chi connectivity index (χ0) is 22.1. The highest BCUT2D eigenvalue weighted by atomic mass is 15.2. The summed E-state index contributed by atoms with van der Waals surface area (Å²) in [7, 11) is 0. The Morgan fingerprint density at radius 3 is 2.75 bits per heavy atom. The molecule has 0 unspecified atom stereocenters. The van der Waals surface area contributed by atoms with Gasteiger partial charge in [-0.2, -0.15) is 5.26 Å². The van der Waals surface area contributed by atoms with Gasteiger partial charge in [-0.05, 0) is 30.7 Å². The summed E-state index contributed by atoms with van der Waals surface area (Å²) in [5.41, 5.74) is 4.98. The van der Waals surface area contributed by atoms with Crippen LogP contribution in [0, 0.1) is 23.7 Å². The van der Waals surface area contributed by atoms with Crippen molar-refractivity contribution in [2.45, 2.75) is 31.8 Å². The lowest BCUT2D eigenvalue weighted by atomic mass is 9.90. The molecule has 1 aliphatic rings. The Morgan fingerprint density at radius 2 is 2.03 bits per heavy atom. The minimum absolute atomic E-state index is 0.336. The molecule has 0 bridgehead atoms. The third-order valence-electron chi connectivity index (χ3n) is 6.07. The molecule has 0 spiro atoms. The predicted molar refractivity (Wildman–Crippen MR) is 125 cm³/mol. The fourth-order valence-electron chi connectivity index (χ4n) is 4.29. The number of hydrogen-bond acceptors (Lipinski definition) is 6. The topological polar surface area (TPSA) is 107 Å². The fourth-order valence-corrected chi connectivity index (χ4v) is 4.29. The number of fused-ring (bicyclic) bond motifs is 3. The van der Waals surface area contributed by atoms with Gasteiger partial charge in [0.25, 0.3) is 0 Å². The Balaban J connectivity index is 1.54. The molecule has 0 amide bonds. The smallest absolute Gasteiger partial charge is 0.161 e. The van der Waals surface area contributed by atoms with E-state index in [1.807, 2.05) is 41.7 Å².